The van der Waals surface area contributed by atoms with Gasteiger partial charge in [-0.1, -0.05) is 18.2 Å². The zero-order valence-corrected chi connectivity index (χ0v) is 9.00. The Morgan fingerprint density at radius 2 is 2.19 bits per heavy atom. The molecule has 0 amide bonds. The predicted molar refractivity (Wildman–Crippen MR) is 60.6 cm³/mol. The van der Waals surface area contributed by atoms with Gasteiger partial charge >= 0.3 is 5.97 Å². The van der Waals surface area contributed by atoms with Crippen molar-refractivity contribution in [3.05, 3.63) is 30.3 Å². The minimum Gasteiger partial charge on any atom is -0.480 e. The molecule has 1 unspecified atom stereocenters. The van der Waals surface area contributed by atoms with E-state index >= 15 is 0 Å². The summed E-state index contributed by atoms with van der Waals surface area (Å²) in [4.78, 5) is 12.8. The topological polar surface area (TPSA) is 49.8 Å². The smallest absolute Gasteiger partial charge is 0.323 e. The van der Waals surface area contributed by atoms with E-state index in [9.17, 15) is 4.79 Å². The van der Waals surface area contributed by atoms with Gasteiger partial charge in [0.1, 0.15) is 6.54 Å². The average Bonchev–Trinajstić information content (AvgIpc) is 2.80. The number of benzene rings is 1. The Hall–Kier alpha value is -1.55. The van der Waals surface area contributed by atoms with Gasteiger partial charge in [0, 0.05) is 12.3 Å². The maximum Gasteiger partial charge on any atom is 0.323 e. The first-order valence-corrected chi connectivity index (χ1v) is 5.38. The molecule has 2 rings (SSSR count). The van der Waals surface area contributed by atoms with Gasteiger partial charge in [0.2, 0.25) is 0 Å². The van der Waals surface area contributed by atoms with Gasteiger partial charge in [-0.15, -0.1) is 0 Å². The van der Waals surface area contributed by atoms with Crippen molar-refractivity contribution in [2.45, 2.75) is 12.5 Å². The van der Waals surface area contributed by atoms with Crippen molar-refractivity contribution in [3.63, 3.8) is 0 Å². The third-order valence-electron chi connectivity index (χ3n) is 2.74. The van der Waals surface area contributed by atoms with Crippen LogP contribution >= 0.6 is 0 Å². The lowest BCUT2D eigenvalue weighted by Crippen LogP contribution is -2.39. The first-order valence-electron chi connectivity index (χ1n) is 5.38. The van der Waals surface area contributed by atoms with Crippen LogP contribution in [0.1, 0.15) is 6.42 Å². The molecule has 0 aliphatic carbocycles. The van der Waals surface area contributed by atoms with E-state index in [2.05, 4.69) is 0 Å². The van der Waals surface area contributed by atoms with Gasteiger partial charge < -0.3 is 14.7 Å². The summed E-state index contributed by atoms with van der Waals surface area (Å²) in [5.41, 5.74) is 0.945. The number of carboxylic acids is 1. The summed E-state index contributed by atoms with van der Waals surface area (Å²) >= 11 is 0. The monoisotopic (exact) mass is 221 g/mol. The molecule has 4 heteroatoms. The Morgan fingerprint density at radius 1 is 1.44 bits per heavy atom. The quantitative estimate of drug-likeness (QED) is 0.834. The highest BCUT2D eigenvalue weighted by atomic mass is 16.5. The SMILES string of the molecule is O=C(O)CN(c1ccccc1)C1CCOC1. The largest absolute Gasteiger partial charge is 0.480 e. The summed E-state index contributed by atoms with van der Waals surface area (Å²) in [6, 6.07) is 9.80. The minimum absolute atomic E-state index is 0.0258. The number of carboxylic acid groups (broad SMARTS) is 1. The van der Waals surface area contributed by atoms with Crippen molar-refractivity contribution in [1.82, 2.24) is 0 Å². The number of hydrogen-bond donors (Lipinski definition) is 1. The predicted octanol–water partition coefficient (Wildman–Crippen LogP) is 1.37. The maximum absolute atomic E-state index is 10.9. The minimum atomic E-state index is -0.809. The summed E-state index contributed by atoms with van der Waals surface area (Å²) in [6.45, 7) is 1.35. The van der Waals surface area contributed by atoms with E-state index in [0.29, 0.717) is 13.2 Å². The van der Waals surface area contributed by atoms with E-state index in [1.807, 2.05) is 35.2 Å². The number of hydrogen-bond acceptors (Lipinski definition) is 3. The number of nitrogens with zero attached hydrogens (tertiary/aromatic N) is 1. The van der Waals surface area contributed by atoms with E-state index in [0.717, 1.165) is 12.1 Å². The highest BCUT2D eigenvalue weighted by molar-refractivity contribution is 5.74. The van der Waals surface area contributed by atoms with Crippen LogP contribution in [-0.4, -0.2) is 36.9 Å². The standard InChI is InChI=1S/C12H15NO3/c14-12(15)8-13(11-6-7-16-9-11)10-4-2-1-3-5-10/h1-5,11H,6-9H2,(H,14,15). The van der Waals surface area contributed by atoms with Gasteiger partial charge in [-0.3, -0.25) is 4.79 Å². The maximum atomic E-state index is 10.9. The molecule has 86 valence electrons. The van der Waals surface area contributed by atoms with Crippen LogP contribution in [-0.2, 0) is 9.53 Å². The van der Waals surface area contributed by atoms with E-state index in [1.54, 1.807) is 0 Å². The normalized spacial score (nSPS) is 19.6. The molecule has 0 aromatic heterocycles. The van der Waals surface area contributed by atoms with Gasteiger partial charge in [0.15, 0.2) is 0 Å². The molecule has 1 aliphatic rings. The molecule has 0 radical (unpaired) electrons. The fourth-order valence-electron chi connectivity index (χ4n) is 1.96. The number of anilines is 1. The summed E-state index contributed by atoms with van der Waals surface area (Å²) in [5, 5.41) is 8.92. The second kappa shape index (κ2) is 4.99. The van der Waals surface area contributed by atoms with Crippen molar-refractivity contribution >= 4 is 11.7 Å². The molecule has 4 nitrogen and oxygen atoms in total. The molecule has 1 fully saturated rings. The van der Waals surface area contributed by atoms with Gasteiger partial charge in [0.25, 0.3) is 0 Å². The molecule has 1 aromatic carbocycles. The molecule has 16 heavy (non-hydrogen) atoms. The van der Waals surface area contributed by atoms with Gasteiger partial charge in [0.05, 0.1) is 12.6 Å². The van der Waals surface area contributed by atoms with E-state index in [4.69, 9.17) is 9.84 Å². The van der Waals surface area contributed by atoms with Crippen LogP contribution in [0.5, 0.6) is 0 Å². The third kappa shape index (κ3) is 2.52. The van der Waals surface area contributed by atoms with Gasteiger partial charge in [-0.2, -0.15) is 0 Å². The molecule has 0 spiro atoms. The van der Waals surface area contributed by atoms with Gasteiger partial charge in [-0.05, 0) is 18.6 Å². The lowest BCUT2D eigenvalue weighted by molar-refractivity contribution is -0.135. The molecular weight excluding hydrogens is 206 g/mol. The Bertz CT molecular complexity index is 347. The number of ether oxygens (including phenoxy) is 1. The zero-order valence-electron chi connectivity index (χ0n) is 9.00. The number of carbonyl (C=O) groups is 1. The van der Waals surface area contributed by atoms with Gasteiger partial charge in [-0.25, -0.2) is 0 Å². The van der Waals surface area contributed by atoms with E-state index in [1.165, 1.54) is 0 Å². The molecule has 1 N–H and O–H groups in total. The van der Waals surface area contributed by atoms with Crippen molar-refractivity contribution in [2.24, 2.45) is 0 Å². The summed E-state index contributed by atoms with van der Waals surface area (Å²) in [6.07, 6.45) is 0.891. The molecule has 0 bridgehead atoms. The molecule has 0 saturated carbocycles. The van der Waals surface area contributed by atoms with E-state index < -0.39 is 5.97 Å². The number of para-hydroxylation sites is 1. The Morgan fingerprint density at radius 3 is 2.75 bits per heavy atom. The van der Waals surface area contributed by atoms with E-state index in [-0.39, 0.29) is 12.6 Å². The van der Waals surface area contributed by atoms with Crippen LogP contribution in [0.2, 0.25) is 0 Å². The second-order valence-corrected chi connectivity index (χ2v) is 3.87. The highest BCUT2D eigenvalue weighted by Gasteiger charge is 2.24. The average molecular weight is 221 g/mol. The van der Waals surface area contributed by atoms with Crippen molar-refractivity contribution < 1.29 is 14.6 Å². The lowest BCUT2D eigenvalue weighted by atomic mass is 10.2. The number of aliphatic carboxylic acids is 1. The van der Waals surface area contributed by atoms with Crippen molar-refractivity contribution in [2.75, 3.05) is 24.7 Å². The Kier molecular flexibility index (Phi) is 3.41. The molecule has 1 atom stereocenters. The fourth-order valence-corrected chi connectivity index (χ4v) is 1.96. The molecule has 1 heterocycles. The molecule has 1 saturated heterocycles. The first kappa shape index (κ1) is 11.0. The Balaban J connectivity index is 2.16. The molecular formula is C12H15NO3. The molecule has 1 aromatic rings. The summed E-state index contributed by atoms with van der Waals surface area (Å²) in [7, 11) is 0. The van der Waals surface area contributed by atoms with Crippen LogP contribution in [0.15, 0.2) is 30.3 Å². The molecule has 1 aliphatic heterocycles. The lowest BCUT2D eigenvalue weighted by Gasteiger charge is -2.28. The van der Waals surface area contributed by atoms with Crippen LogP contribution in [0, 0.1) is 0 Å². The fraction of sp³-hybridized carbons (Fsp3) is 0.417. The van der Waals surface area contributed by atoms with Crippen LogP contribution in [0.25, 0.3) is 0 Å². The Labute approximate surface area is 94.4 Å². The van der Waals surface area contributed by atoms with Crippen molar-refractivity contribution in [1.29, 1.82) is 0 Å². The van der Waals surface area contributed by atoms with Crippen LogP contribution in [0.4, 0.5) is 5.69 Å². The first-order chi connectivity index (χ1) is 7.77. The second-order valence-electron chi connectivity index (χ2n) is 3.87. The summed E-state index contributed by atoms with van der Waals surface area (Å²) in [5.74, 6) is -0.809. The van der Waals surface area contributed by atoms with Crippen LogP contribution in [0.3, 0.4) is 0 Å². The highest BCUT2D eigenvalue weighted by Crippen LogP contribution is 2.21. The van der Waals surface area contributed by atoms with Crippen LogP contribution < -0.4 is 4.90 Å². The zero-order chi connectivity index (χ0) is 11.4. The van der Waals surface area contributed by atoms with Crippen molar-refractivity contribution in [3.8, 4) is 0 Å². The number of rotatable bonds is 4. The third-order valence-corrected chi connectivity index (χ3v) is 2.74. The summed E-state index contributed by atoms with van der Waals surface area (Å²) < 4.78 is 5.31.